The number of nitrogens with zero attached hydrogens (tertiary/aromatic N) is 2. The summed E-state index contributed by atoms with van der Waals surface area (Å²) in [6.07, 6.45) is -2.67. The predicted molar refractivity (Wildman–Crippen MR) is 124 cm³/mol. The molecule has 6 nitrogen and oxygen atoms in total. The molecule has 1 aromatic heterocycles. The first-order chi connectivity index (χ1) is 16.8. The first kappa shape index (κ1) is 25.1. The van der Waals surface area contributed by atoms with Crippen LogP contribution in [0.5, 0.6) is 5.75 Å². The van der Waals surface area contributed by atoms with Gasteiger partial charge in [-0.05, 0) is 54.7 Å². The Bertz CT molecular complexity index is 1120. The fourth-order valence-electron chi connectivity index (χ4n) is 4.70. The molecule has 4 rings (SSSR count). The second kappa shape index (κ2) is 10.7. The minimum Gasteiger partial charge on any atom is -0.497 e. The fraction of sp³-hybridized carbons (Fsp3) is 0.385. The SMILES string of the molecule is COc1ccc(CNC2CC(O)C(CO)C2Cc2ccnc(-c3cccc(C(F)(F)F)c3)n2)cc1. The van der Waals surface area contributed by atoms with E-state index in [-0.39, 0.29) is 35.9 Å². The lowest BCUT2D eigenvalue weighted by atomic mass is 9.88. The third-order valence-corrected chi connectivity index (χ3v) is 6.60. The molecule has 186 valence electrons. The highest BCUT2D eigenvalue weighted by Gasteiger charge is 2.42. The third-order valence-electron chi connectivity index (χ3n) is 6.60. The van der Waals surface area contributed by atoms with Crippen LogP contribution < -0.4 is 10.1 Å². The molecule has 4 atom stereocenters. The predicted octanol–water partition coefficient (Wildman–Crippen LogP) is 3.86. The maximum Gasteiger partial charge on any atom is 0.416 e. The van der Waals surface area contributed by atoms with Gasteiger partial charge in [0.1, 0.15) is 5.75 Å². The number of ether oxygens (including phenoxy) is 1. The molecule has 1 aliphatic rings. The Labute approximate surface area is 201 Å². The van der Waals surface area contributed by atoms with E-state index >= 15 is 0 Å². The number of aliphatic hydroxyl groups is 2. The van der Waals surface area contributed by atoms with Crippen molar-refractivity contribution >= 4 is 0 Å². The molecule has 9 heteroatoms. The van der Waals surface area contributed by atoms with Crippen molar-refractivity contribution in [2.45, 2.75) is 37.7 Å². The topological polar surface area (TPSA) is 87.5 Å². The monoisotopic (exact) mass is 487 g/mol. The van der Waals surface area contributed by atoms with Crippen LogP contribution in [-0.4, -0.2) is 46.0 Å². The summed E-state index contributed by atoms with van der Waals surface area (Å²) in [7, 11) is 1.61. The number of aromatic nitrogens is 2. The van der Waals surface area contributed by atoms with E-state index in [1.54, 1.807) is 19.2 Å². The molecule has 0 amide bonds. The lowest BCUT2D eigenvalue weighted by Crippen LogP contribution is -2.36. The maximum absolute atomic E-state index is 13.1. The number of aliphatic hydroxyl groups excluding tert-OH is 2. The van der Waals surface area contributed by atoms with E-state index in [1.165, 1.54) is 12.3 Å². The molecule has 4 unspecified atom stereocenters. The fourth-order valence-corrected chi connectivity index (χ4v) is 4.70. The van der Waals surface area contributed by atoms with E-state index in [2.05, 4.69) is 15.3 Å². The zero-order chi connectivity index (χ0) is 25.0. The first-order valence-electron chi connectivity index (χ1n) is 11.4. The van der Waals surface area contributed by atoms with Gasteiger partial charge in [0.15, 0.2) is 5.82 Å². The van der Waals surface area contributed by atoms with E-state index < -0.39 is 17.8 Å². The van der Waals surface area contributed by atoms with Crippen molar-refractivity contribution in [3.8, 4) is 17.1 Å². The van der Waals surface area contributed by atoms with Gasteiger partial charge in [0.2, 0.25) is 0 Å². The average Bonchev–Trinajstić information content (AvgIpc) is 3.16. The van der Waals surface area contributed by atoms with Crippen LogP contribution in [-0.2, 0) is 19.1 Å². The molecule has 0 spiro atoms. The van der Waals surface area contributed by atoms with Crippen LogP contribution in [0, 0.1) is 11.8 Å². The van der Waals surface area contributed by atoms with Crippen LogP contribution in [0.15, 0.2) is 60.8 Å². The van der Waals surface area contributed by atoms with Crippen LogP contribution >= 0.6 is 0 Å². The van der Waals surface area contributed by atoms with E-state index in [4.69, 9.17) is 4.74 Å². The van der Waals surface area contributed by atoms with Crippen LogP contribution in [0.2, 0.25) is 0 Å². The highest BCUT2D eigenvalue weighted by molar-refractivity contribution is 5.56. The third kappa shape index (κ3) is 5.98. The van der Waals surface area contributed by atoms with Gasteiger partial charge in [-0.15, -0.1) is 0 Å². The molecular weight excluding hydrogens is 459 g/mol. The molecule has 35 heavy (non-hydrogen) atoms. The largest absolute Gasteiger partial charge is 0.497 e. The summed E-state index contributed by atoms with van der Waals surface area (Å²) in [5.74, 6) is 0.520. The summed E-state index contributed by atoms with van der Waals surface area (Å²) in [5.41, 5.74) is 1.22. The lowest BCUT2D eigenvalue weighted by molar-refractivity contribution is -0.137. The van der Waals surface area contributed by atoms with Crippen LogP contribution in [0.1, 0.15) is 23.2 Å². The van der Waals surface area contributed by atoms with Gasteiger partial charge in [-0.3, -0.25) is 0 Å². The molecule has 3 aromatic rings. The van der Waals surface area contributed by atoms with Crippen LogP contribution in [0.4, 0.5) is 13.2 Å². The van der Waals surface area contributed by atoms with Gasteiger partial charge in [-0.25, -0.2) is 9.97 Å². The van der Waals surface area contributed by atoms with Gasteiger partial charge in [-0.2, -0.15) is 13.2 Å². The van der Waals surface area contributed by atoms with Crippen molar-refractivity contribution in [1.82, 2.24) is 15.3 Å². The van der Waals surface area contributed by atoms with E-state index in [9.17, 15) is 23.4 Å². The van der Waals surface area contributed by atoms with Gasteiger partial charge in [0.25, 0.3) is 0 Å². The molecule has 1 heterocycles. The molecule has 1 saturated carbocycles. The quantitative estimate of drug-likeness (QED) is 0.447. The molecular formula is C26H28F3N3O3. The van der Waals surface area contributed by atoms with E-state index in [0.29, 0.717) is 25.1 Å². The number of hydrogen-bond acceptors (Lipinski definition) is 6. The Morgan fingerprint density at radius 3 is 2.54 bits per heavy atom. The first-order valence-corrected chi connectivity index (χ1v) is 11.4. The Balaban J connectivity index is 1.51. The zero-order valence-electron chi connectivity index (χ0n) is 19.2. The smallest absolute Gasteiger partial charge is 0.416 e. The molecule has 0 aliphatic heterocycles. The van der Waals surface area contributed by atoms with Gasteiger partial charge in [0, 0.05) is 42.6 Å². The number of hydrogen-bond donors (Lipinski definition) is 3. The lowest BCUT2D eigenvalue weighted by Gasteiger charge is -2.25. The van der Waals surface area contributed by atoms with E-state index in [0.717, 1.165) is 23.4 Å². The van der Waals surface area contributed by atoms with Crippen LogP contribution in [0.3, 0.4) is 0 Å². The second-order valence-electron chi connectivity index (χ2n) is 8.80. The molecule has 3 N–H and O–H groups in total. The Morgan fingerprint density at radius 1 is 1.09 bits per heavy atom. The number of rotatable bonds is 8. The summed E-state index contributed by atoms with van der Waals surface area (Å²) in [4.78, 5) is 8.68. The van der Waals surface area contributed by atoms with Crippen molar-refractivity contribution in [1.29, 1.82) is 0 Å². The van der Waals surface area contributed by atoms with Crippen molar-refractivity contribution in [3.05, 3.63) is 77.6 Å². The van der Waals surface area contributed by atoms with Crippen LogP contribution in [0.25, 0.3) is 11.4 Å². The summed E-state index contributed by atoms with van der Waals surface area (Å²) in [6, 6.07) is 14.3. The van der Waals surface area contributed by atoms with Crippen molar-refractivity contribution in [2.24, 2.45) is 11.8 Å². The number of benzene rings is 2. The summed E-state index contributed by atoms with van der Waals surface area (Å²) in [6.45, 7) is 0.410. The normalized spacial score (nSPS) is 22.3. The molecule has 0 bridgehead atoms. The van der Waals surface area contributed by atoms with Gasteiger partial charge < -0.3 is 20.3 Å². The highest BCUT2D eigenvalue weighted by atomic mass is 19.4. The second-order valence-corrected chi connectivity index (χ2v) is 8.80. The molecule has 1 aliphatic carbocycles. The minimum atomic E-state index is -4.45. The molecule has 2 aromatic carbocycles. The Hall–Kier alpha value is -3.01. The maximum atomic E-state index is 13.1. The number of halogens is 3. The minimum absolute atomic E-state index is 0.0729. The van der Waals surface area contributed by atoms with Gasteiger partial charge in [-0.1, -0.05) is 24.3 Å². The summed E-state index contributed by atoms with van der Waals surface area (Å²) in [5, 5.41) is 24.0. The van der Waals surface area contributed by atoms with E-state index in [1.807, 2.05) is 24.3 Å². The van der Waals surface area contributed by atoms with Gasteiger partial charge in [0.05, 0.1) is 18.8 Å². The average molecular weight is 488 g/mol. The number of nitrogens with one attached hydrogen (secondary N) is 1. The van der Waals surface area contributed by atoms with Crippen molar-refractivity contribution in [2.75, 3.05) is 13.7 Å². The van der Waals surface area contributed by atoms with Gasteiger partial charge >= 0.3 is 6.18 Å². The molecule has 0 radical (unpaired) electrons. The molecule has 1 fully saturated rings. The number of alkyl halides is 3. The summed E-state index contributed by atoms with van der Waals surface area (Å²) < 4.78 is 44.6. The standard InChI is InChI=1S/C26H28F3N3O3/c1-35-20-7-5-16(6-8-20)14-31-23-13-24(34)22(15-33)21(23)12-19-9-10-30-25(32-19)17-3-2-4-18(11-17)26(27,28)29/h2-11,21-24,31,33-34H,12-15H2,1H3. The zero-order valence-corrected chi connectivity index (χ0v) is 19.2. The summed E-state index contributed by atoms with van der Waals surface area (Å²) >= 11 is 0. The van der Waals surface area contributed by atoms with Crippen molar-refractivity contribution in [3.63, 3.8) is 0 Å². The Kier molecular flexibility index (Phi) is 7.69. The number of methoxy groups -OCH3 is 1. The van der Waals surface area contributed by atoms with Crippen molar-refractivity contribution < 1.29 is 28.1 Å². The highest BCUT2D eigenvalue weighted by Crippen LogP contribution is 2.35. The Morgan fingerprint density at radius 2 is 1.86 bits per heavy atom. The molecule has 0 saturated heterocycles.